The van der Waals surface area contributed by atoms with Crippen LogP contribution in [-0.4, -0.2) is 6.29 Å². The molecule has 1 aromatic rings. The SMILES string of the molecule is N#Cc1ccc(C=O)c(F)c1F. The first-order valence-corrected chi connectivity index (χ1v) is 3.04. The normalized spacial score (nSPS) is 9.08. The van der Waals surface area contributed by atoms with E-state index >= 15 is 0 Å². The predicted molar refractivity (Wildman–Crippen MR) is 36.5 cm³/mol. The summed E-state index contributed by atoms with van der Waals surface area (Å²) < 4.78 is 25.4. The Morgan fingerprint density at radius 3 is 2.50 bits per heavy atom. The molecule has 60 valence electrons. The minimum atomic E-state index is -1.28. The number of benzene rings is 1. The number of nitrogens with zero attached hydrogens (tertiary/aromatic N) is 1. The van der Waals surface area contributed by atoms with Crippen LogP contribution in [0, 0.1) is 23.0 Å². The Morgan fingerprint density at radius 2 is 2.00 bits per heavy atom. The van der Waals surface area contributed by atoms with Crippen LogP contribution in [0.2, 0.25) is 0 Å². The van der Waals surface area contributed by atoms with E-state index in [2.05, 4.69) is 0 Å². The van der Waals surface area contributed by atoms with Crippen molar-refractivity contribution in [2.24, 2.45) is 0 Å². The van der Waals surface area contributed by atoms with Gasteiger partial charge in [-0.1, -0.05) is 0 Å². The second-order valence-corrected chi connectivity index (χ2v) is 2.06. The van der Waals surface area contributed by atoms with Gasteiger partial charge in [-0.2, -0.15) is 5.26 Å². The van der Waals surface area contributed by atoms with Crippen LogP contribution in [0.1, 0.15) is 15.9 Å². The molecule has 2 nitrogen and oxygen atoms in total. The van der Waals surface area contributed by atoms with E-state index in [0.29, 0.717) is 0 Å². The van der Waals surface area contributed by atoms with Crippen LogP contribution in [0.4, 0.5) is 8.78 Å². The van der Waals surface area contributed by atoms with Gasteiger partial charge in [-0.15, -0.1) is 0 Å². The summed E-state index contributed by atoms with van der Waals surface area (Å²) >= 11 is 0. The Hall–Kier alpha value is -1.76. The second-order valence-electron chi connectivity index (χ2n) is 2.06. The van der Waals surface area contributed by atoms with Crippen molar-refractivity contribution in [2.45, 2.75) is 0 Å². The Bertz CT molecular complexity index is 368. The van der Waals surface area contributed by atoms with E-state index < -0.39 is 17.2 Å². The van der Waals surface area contributed by atoms with Gasteiger partial charge in [0, 0.05) is 0 Å². The van der Waals surface area contributed by atoms with Crippen LogP contribution in [0.5, 0.6) is 0 Å². The molecule has 1 aromatic carbocycles. The molecular formula is C8H3F2NO. The van der Waals surface area contributed by atoms with E-state index in [0.717, 1.165) is 12.1 Å². The molecule has 0 bridgehead atoms. The molecule has 0 aliphatic carbocycles. The molecule has 0 fully saturated rings. The predicted octanol–water partition coefficient (Wildman–Crippen LogP) is 1.65. The van der Waals surface area contributed by atoms with Gasteiger partial charge in [0.1, 0.15) is 6.07 Å². The third-order valence-corrected chi connectivity index (χ3v) is 1.36. The molecule has 0 amide bonds. The van der Waals surface area contributed by atoms with E-state index in [-0.39, 0.29) is 11.8 Å². The Morgan fingerprint density at radius 1 is 1.33 bits per heavy atom. The van der Waals surface area contributed by atoms with Gasteiger partial charge in [0.2, 0.25) is 0 Å². The van der Waals surface area contributed by atoms with Crippen molar-refractivity contribution in [1.29, 1.82) is 5.26 Å². The molecule has 0 aromatic heterocycles. The van der Waals surface area contributed by atoms with Crippen molar-refractivity contribution < 1.29 is 13.6 Å². The standard InChI is InChI=1S/C8H3F2NO/c9-7-5(3-11)1-2-6(4-12)8(7)10/h1-2,4H. The van der Waals surface area contributed by atoms with Crippen molar-refractivity contribution >= 4 is 6.29 Å². The van der Waals surface area contributed by atoms with Gasteiger partial charge >= 0.3 is 0 Å². The zero-order chi connectivity index (χ0) is 9.14. The quantitative estimate of drug-likeness (QED) is 0.596. The maximum absolute atomic E-state index is 12.7. The summed E-state index contributed by atoms with van der Waals surface area (Å²) in [5.74, 6) is -2.55. The molecule has 0 heterocycles. The number of nitriles is 1. The molecule has 0 radical (unpaired) electrons. The number of carbonyl (C=O) groups excluding carboxylic acids is 1. The minimum absolute atomic E-state index is 0.194. The lowest BCUT2D eigenvalue weighted by Crippen LogP contribution is -1.95. The smallest absolute Gasteiger partial charge is 0.177 e. The summed E-state index contributed by atoms with van der Waals surface area (Å²) in [7, 11) is 0. The molecule has 0 unspecified atom stereocenters. The number of carbonyl (C=O) groups is 1. The maximum Gasteiger partial charge on any atom is 0.177 e. The monoisotopic (exact) mass is 167 g/mol. The molecule has 0 saturated carbocycles. The van der Waals surface area contributed by atoms with Crippen molar-refractivity contribution in [3.63, 3.8) is 0 Å². The lowest BCUT2D eigenvalue weighted by Gasteiger charge is -1.96. The van der Waals surface area contributed by atoms with Gasteiger partial charge in [-0.3, -0.25) is 4.79 Å². The molecule has 0 aliphatic heterocycles. The second kappa shape index (κ2) is 3.09. The maximum atomic E-state index is 12.7. The summed E-state index contributed by atoms with van der Waals surface area (Å²) in [5, 5.41) is 8.26. The van der Waals surface area contributed by atoms with E-state index in [4.69, 9.17) is 5.26 Å². The Kier molecular flexibility index (Phi) is 2.15. The fourth-order valence-electron chi connectivity index (χ4n) is 0.742. The fraction of sp³-hybridized carbons (Fsp3) is 0. The molecular weight excluding hydrogens is 164 g/mol. The van der Waals surface area contributed by atoms with E-state index in [1.54, 1.807) is 0 Å². The van der Waals surface area contributed by atoms with Crippen LogP contribution >= 0.6 is 0 Å². The number of hydrogen-bond acceptors (Lipinski definition) is 2. The van der Waals surface area contributed by atoms with Crippen LogP contribution in [0.25, 0.3) is 0 Å². The lowest BCUT2D eigenvalue weighted by atomic mass is 10.1. The van der Waals surface area contributed by atoms with Crippen LogP contribution in [0.15, 0.2) is 12.1 Å². The zero-order valence-corrected chi connectivity index (χ0v) is 5.84. The number of halogens is 2. The third-order valence-electron chi connectivity index (χ3n) is 1.36. The van der Waals surface area contributed by atoms with Gasteiger partial charge in [-0.25, -0.2) is 8.78 Å². The molecule has 4 heteroatoms. The fourth-order valence-corrected chi connectivity index (χ4v) is 0.742. The van der Waals surface area contributed by atoms with E-state index in [9.17, 15) is 13.6 Å². The first-order chi connectivity index (χ1) is 5.70. The van der Waals surface area contributed by atoms with Gasteiger partial charge in [-0.05, 0) is 12.1 Å². The lowest BCUT2D eigenvalue weighted by molar-refractivity contribution is 0.111. The van der Waals surface area contributed by atoms with Crippen molar-refractivity contribution in [2.75, 3.05) is 0 Å². The third kappa shape index (κ3) is 1.17. The highest BCUT2D eigenvalue weighted by molar-refractivity contribution is 5.75. The molecule has 0 aliphatic rings. The molecule has 12 heavy (non-hydrogen) atoms. The minimum Gasteiger partial charge on any atom is -0.298 e. The van der Waals surface area contributed by atoms with Gasteiger partial charge in [0.15, 0.2) is 17.9 Å². The number of aldehydes is 1. The Labute approximate surface area is 67.0 Å². The molecule has 0 N–H and O–H groups in total. The van der Waals surface area contributed by atoms with Crippen LogP contribution < -0.4 is 0 Å². The van der Waals surface area contributed by atoms with E-state index in [1.807, 2.05) is 0 Å². The average molecular weight is 167 g/mol. The summed E-state index contributed by atoms with van der Waals surface area (Å²) in [6.07, 6.45) is 0.194. The number of rotatable bonds is 1. The van der Waals surface area contributed by atoms with E-state index in [1.165, 1.54) is 6.07 Å². The highest BCUT2D eigenvalue weighted by Crippen LogP contribution is 2.13. The Balaban J connectivity index is 3.41. The molecule has 0 spiro atoms. The molecule has 0 atom stereocenters. The number of hydrogen-bond donors (Lipinski definition) is 0. The summed E-state index contributed by atoms with van der Waals surface area (Å²) in [6.45, 7) is 0. The average Bonchev–Trinajstić information content (AvgIpc) is 2.10. The summed E-state index contributed by atoms with van der Waals surface area (Å²) in [4.78, 5) is 10.1. The first kappa shape index (κ1) is 8.34. The first-order valence-electron chi connectivity index (χ1n) is 3.04. The molecule has 0 saturated heterocycles. The van der Waals surface area contributed by atoms with Crippen molar-refractivity contribution in [1.82, 2.24) is 0 Å². The highest BCUT2D eigenvalue weighted by atomic mass is 19.2. The van der Waals surface area contributed by atoms with Gasteiger partial charge < -0.3 is 0 Å². The summed E-state index contributed by atoms with van der Waals surface area (Å²) in [5.41, 5.74) is -0.787. The van der Waals surface area contributed by atoms with Crippen molar-refractivity contribution in [3.8, 4) is 6.07 Å². The van der Waals surface area contributed by atoms with Gasteiger partial charge in [0.25, 0.3) is 0 Å². The zero-order valence-electron chi connectivity index (χ0n) is 5.84. The summed E-state index contributed by atoms with van der Waals surface area (Å²) in [6, 6.07) is 3.57. The van der Waals surface area contributed by atoms with Crippen LogP contribution in [-0.2, 0) is 0 Å². The van der Waals surface area contributed by atoms with Crippen LogP contribution in [0.3, 0.4) is 0 Å². The highest BCUT2D eigenvalue weighted by Gasteiger charge is 2.11. The molecule has 1 rings (SSSR count). The largest absolute Gasteiger partial charge is 0.298 e. The van der Waals surface area contributed by atoms with Crippen molar-refractivity contribution in [3.05, 3.63) is 34.9 Å². The topological polar surface area (TPSA) is 40.9 Å². The van der Waals surface area contributed by atoms with Gasteiger partial charge in [0.05, 0.1) is 11.1 Å².